The van der Waals surface area contributed by atoms with Gasteiger partial charge >= 0.3 is 0 Å². The van der Waals surface area contributed by atoms with Crippen LogP contribution in [0.5, 0.6) is 0 Å². The summed E-state index contributed by atoms with van der Waals surface area (Å²) in [6.45, 7) is 2.86. The van der Waals surface area contributed by atoms with E-state index in [-0.39, 0.29) is 17.1 Å². The Morgan fingerprint density at radius 1 is 1.50 bits per heavy atom. The van der Waals surface area contributed by atoms with Crippen LogP contribution in [-0.2, 0) is 0 Å². The second kappa shape index (κ2) is 5.57. The summed E-state index contributed by atoms with van der Waals surface area (Å²) < 4.78 is 0. The molecule has 1 aliphatic rings. The summed E-state index contributed by atoms with van der Waals surface area (Å²) in [6.07, 6.45) is 5.90. The smallest absolute Gasteiger partial charge is 0.257 e. The lowest BCUT2D eigenvalue weighted by Crippen LogP contribution is -2.38. The van der Waals surface area contributed by atoms with E-state index < -0.39 is 0 Å². The van der Waals surface area contributed by atoms with Gasteiger partial charge in [0.05, 0.1) is 17.4 Å². The Bertz CT molecular complexity index is 450. The standard InChI is InChI=1S/C13H18ClN3O/c1-9-5-3-2-4-6-17(9)13(18)11-7-10(15)8-16-12(11)14/h7-9H,2-6,15H2,1H3. The zero-order valence-corrected chi connectivity index (χ0v) is 11.3. The van der Waals surface area contributed by atoms with Crippen LogP contribution >= 0.6 is 11.6 Å². The molecule has 0 saturated carbocycles. The first kappa shape index (κ1) is 13.1. The topological polar surface area (TPSA) is 59.2 Å². The number of amides is 1. The van der Waals surface area contributed by atoms with E-state index in [2.05, 4.69) is 11.9 Å². The fraction of sp³-hybridized carbons (Fsp3) is 0.538. The SMILES string of the molecule is CC1CCCCCN1C(=O)c1cc(N)cnc1Cl. The summed E-state index contributed by atoms with van der Waals surface area (Å²) in [5, 5.41) is 0.227. The number of rotatable bonds is 1. The largest absolute Gasteiger partial charge is 0.397 e. The van der Waals surface area contributed by atoms with E-state index in [1.165, 1.54) is 19.0 Å². The molecule has 2 heterocycles. The minimum absolute atomic E-state index is 0.0609. The third-order valence-corrected chi connectivity index (χ3v) is 3.71. The highest BCUT2D eigenvalue weighted by atomic mass is 35.5. The maximum atomic E-state index is 12.5. The molecule has 1 aromatic rings. The molecular formula is C13H18ClN3O. The van der Waals surface area contributed by atoms with Crippen LogP contribution in [0.1, 0.15) is 43.0 Å². The fourth-order valence-electron chi connectivity index (χ4n) is 2.35. The van der Waals surface area contributed by atoms with Gasteiger partial charge in [-0.1, -0.05) is 24.4 Å². The first-order valence-corrected chi connectivity index (χ1v) is 6.69. The third kappa shape index (κ3) is 2.75. The number of halogens is 1. The number of carbonyl (C=O) groups excluding carboxylic acids is 1. The number of nitrogens with zero attached hydrogens (tertiary/aromatic N) is 2. The minimum atomic E-state index is -0.0609. The highest BCUT2D eigenvalue weighted by Gasteiger charge is 2.25. The molecule has 0 spiro atoms. The van der Waals surface area contributed by atoms with Crippen LogP contribution in [0.4, 0.5) is 5.69 Å². The Morgan fingerprint density at radius 3 is 3.06 bits per heavy atom. The van der Waals surface area contributed by atoms with Crippen LogP contribution in [0, 0.1) is 0 Å². The summed E-state index contributed by atoms with van der Waals surface area (Å²) in [7, 11) is 0. The fourth-order valence-corrected chi connectivity index (χ4v) is 2.53. The monoisotopic (exact) mass is 267 g/mol. The molecule has 1 fully saturated rings. The molecule has 0 radical (unpaired) electrons. The van der Waals surface area contributed by atoms with Gasteiger partial charge in [-0.3, -0.25) is 4.79 Å². The average Bonchev–Trinajstić information content (AvgIpc) is 2.56. The maximum Gasteiger partial charge on any atom is 0.257 e. The second-order valence-electron chi connectivity index (χ2n) is 4.80. The molecule has 1 saturated heterocycles. The highest BCUT2D eigenvalue weighted by molar-refractivity contribution is 6.32. The predicted molar refractivity (Wildman–Crippen MR) is 72.6 cm³/mol. The molecule has 1 amide bonds. The lowest BCUT2D eigenvalue weighted by Gasteiger charge is -2.27. The normalized spacial score (nSPS) is 20.6. The number of nitrogen functional groups attached to an aromatic ring is 1. The van der Waals surface area contributed by atoms with Crippen LogP contribution in [0.3, 0.4) is 0 Å². The first-order valence-electron chi connectivity index (χ1n) is 6.31. The molecule has 0 aliphatic carbocycles. The van der Waals surface area contributed by atoms with Crippen molar-refractivity contribution in [3.8, 4) is 0 Å². The number of aromatic nitrogens is 1. The van der Waals surface area contributed by atoms with Crippen molar-refractivity contribution in [3.63, 3.8) is 0 Å². The van der Waals surface area contributed by atoms with E-state index in [9.17, 15) is 4.79 Å². The van der Waals surface area contributed by atoms with E-state index >= 15 is 0 Å². The lowest BCUT2D eigenvalue weighted by molar-refractivity contribution is 0.0697. The summed E-state index contributed by atoms with van der Waals surface area (Å²) in [6, 6.07) is 1.85. The number of anilines is 1. The second-order valence-corrected chi connectivity index (χ2v) is 5.16. The van der Waals surface area contributed by atoms with Crippen LogP contribution in [0.15, 0.2) is 12.3 Å². The molecule has 1 atom stereocenters. The van der Waals surface area contributed by atoms with Gasteiger partial charge in [-0.15, -0.1) is 0 Å². The van der Waals surface area contributed by atoms with Crippen molar-refractivity contribution in [2.75, 3.05) is 12.3 Å². The Hall–Kier alpha value is -1.29. The summed E-state index contributed by atoms with van der Waals surface area (Å²) in [5.74, 6) is -0.0609. The lowest BCUT2D eigenvalue weighted by atomic mass is 10.1. The van der Waals surface area contributed by atoms with Gasteiger partial charge in [-0.2, -0.15) is 0 Å². The zero-order chi connectivity index (χ0) is 13.1. The number of pyridine rings is 1. The highest BCUT2D eigenvalue weighted by Crippen LogP contribution is 2.22. The van der Waals surface area contributed by atoms with Crippen molar-refractivity contribution >= 4 is 23.2 Å². The maximum absolute atomic E-state index is 12.5. The zero-order valence-electron chi connectivity index (χ0n) is 10.5. The van der Waals surface area contributed by atoms with Crippen LogP contribution in [-0.4, -0.2) is 28.4 Å². The quantitative estimate of drug-likeness (QED) is 0.796. The predicted octanol–water partition coefficient (Wildman–Crippen LogP) is 2.72. The van der Waals surface area contributed by atoms with Gasteiger partial charge in [0.1, 0.15) is 5.15 Å². The van der Waals surface area contributed by atoms with Crippen LogP contribution in [0.2, 0.25) is 5.15 Å². The molecular weight excluding hydrogens is 250 g/mol. The average molecular weight is 268 g/mol. The molecule has 1 unspecified atom stereocenters. The Morgan fingerprint density at radius 2 is 2.28 bits per heavy atom. The van der Waals surface area contributed by atoms with Gasteiger partial charge in [0.25, 0.3) is 5.91 Å². The van der Waals surface area contributed by atoms with E-state index in [0.717, 1.165) is 19.4 Å². The molecule has 4 nitrogen and oxygen atoms in total. The molecule has 2 N–H and O–H groups in total. The molecule has 5 heteroatoms. The van der Waals surface area contributed by atoms with Gasteiger partial charge in [0, 0.05) is 12.6 Å². The van der Waals surface area contributed by atoms with E-state index in [0.29, 0.717) is 11.3 Å². The van der Waals surface area contributed by atoms with Gasteiger partial charge in [0.2, 0.25) is 0 Å². The van der Waals surface area contributed by atoms with Gasteiger partial charge < -0.3 is 10.6 Å². The van der Waals surface area contributed by atoms with Crippen molar-refractivity contribution in [3.05, 3.63) is 23.0 Å². The van der Waals surface area contributed by atoms with Gasteiger partial charge in [0.15, 0.2) is 0 Å². The van der Waals surface area contributed by atoms with Crippen molar-refractivity contribution in [2.45, 2.75) is 38.6 Å². The van der Waals surface area contributed by atoms with E-state index in [4.69, 9.17) is 17.3 Å². The minimum Gasteiger partial charge on any atom is -0.397 e. The molecule has 1 aromatic heterocycles. The number of hydrogen-bond donors (Lipinski definition) is 1. The van der Waals surface area contributed by atoms with Crippen LogP contribution in [0.25, 0.3) is 0 Å². The molecule has 0 aromatic carbocycles. The number of nitrogens with two attached hydrogens (primary N) is 1. The van der Waals surface area contributed by atoms with Crippen molar-refractivity contribution in [1.82, 2.24) is 9.88 Å². The number of hydrogen-bond acceptors (Lipinski definition) is 3. The van der Waals surface area contributed by atoms with Crippen molar-refractivity contribution < 1.29 is 4.79 Å². The van der Waals surface area contributed by atoms with Crippen molar-refractivity contribution in [2.24, 2.45) is 0 Å². The molecule has 98 valence electrons. The third-order valence-electron chi connectivity index (χ3n) is 3.40. The Labute approximate surface area is 112 Å². The summed E-state index contributed by atoms with van der Waals surface area (Å²) in [5.41, 5.74) is 6.54. The van der Waals surface area contributed by atoms with E-state index in [1.54, 1.807) is 6.07 Å². The van der Waals surface area contributed by atoms with Crippen molar-refractivity contribution in [1.29, 1.82) is 0 Å². The number of carbonyl (C=O) groups is 1. The molecule has 0 bridgehead atoms. The molecule has 18 heavy (non-hydrogen) atoms. The summed E-state index contributed by atoms with van der Waals surface area (Å²) in [4.78, 5) is 18.3. The molecule has 2 rings (SSSR count). The van der Waals surface area contributed by atoms with Gasteiger partial charge in [-0.25, -0.2) is 4.98 Å². The summed E-state index contributed by atoms with van der Waals surface area (Å²) >= 11 is 5.98. The Balaban J connectivity index is 2.26. The number of likely N-dealkylation sites (tertiary alicyclic amines) is 1. The Kier molecular flexibility index (Phi) is 4.07. The first-order chi connectivity index (χ1) is 8.59. The van der Waals surface area contributed by atoms with Crippen LogP contribution < -0.4 is 5.73 Å². The van der Waals surface area contributed by atoms with E-state index in [1.807, 2.05) is 4.90 Å². The van der Waals surface area contributed by atoms with Gasteiger partial charge in [-0.05, 0) is 25.8 Å². The molecule has 1 aliphatic heterocycles.